The number of carbonyl (C=O) groups excluding carboxylic acids is 3. The number of benzene rings is 1. The molecule has 1 aromatic rings. The first kappa shape index (κ1) is 42.8. The predicted molar refractivity (Wildman–Crippen MR) is 191 cm³/mol. The number of carbonyl (C=O) groups is 3. The number of aliphatic hydroxyl groups is 5. The van der Waals surface area contributed by atoms with Crippen molar-refractivity contribution in [2.24, 2.45) is 0 Å². The van der Waals surface area contributed by atoms with Gasteiger partial charge in [-0.25, -0.2) is 0 Å². The van der Waals surface area contributed by atoms with E-state index in [9.17, 15) is 39.9 Å². The summed E-state index contributed by atoms with van der Waals surface area (Å²) in [6.45, 7) is 1.41. The number of likely N-dealkylation sites (tertiary alicyclic amines) is 1. The van der Waals surface area contributed by atoms with Crippen LogP contribution in [0.2, 0.25) is 5.02 Å². The normalized spacial score (nSPS) is 27.5. The molecule has 8 atom stereocenters. The number of nitrogens with one attached hydrogen (secondary N) is 3. The number of methoxy groups -OCH3 is 2. The Hall–Kier alpha value is -2.60. The highest BCUT2D eigenvalue weighted by atomic mass is 35.5. The van der Waals surface area contributed by atoms with Crippen LogP contribution in [-0.2, 0) is 14.3 Å². The van der Waals surface area contributed by atoms with Crippen molar-refractivity contribution in [1.82, 2.24) is 20.9 Å². The highest BCUT2D eigenvalue weighted by Crippen LogP contribution is 2.31. The van der Waals surface area contributed by atoms with Crippen LogP contribution in [0.15, 0.2) is 12.1 Å². The maximum Gasteiger partial charge on any atom is 0.255 e. The smallest absolute Gasteiger partial charge is 0.255 e. The van der Waals surface area contributed by atoms with E-state index in [1.54, 1.807) is 7.11 Å². The lowest BCUT2D eigenvalue weighted by Crippen LogP contribution is -2.70. The monoisotopic (exact) mass is 743 g/mol. The Balaban J connectivity index is 1.44. The van der Waals surface area contributed by atoms with Gasteiger partial charge in [-0.05, 0) is 44.7 Å². The summed E-state index contributed by atoms with van der Waals surface area (Å²) in [6.07, 6.45) is 2.22. The molecule has 0 bridgehead atoms. The van der Waals surface area contributed by atoms with Gasteiger partial charge in [-0.2, -0.15) is 0 Å². The molecule has 2 amide bonds. The Bertz CT molecular complexity index is 1260. The number of aliphatic hydroxyl groups excluding tert-OH is 5. The molecule has 1 saturated heterocycles. The third-order valence-electron chi connectivity index (χ3n) is 10.1. The summed E-state index contributed by atoms with van der Waals surface area (Å²) in [6, 6.07) is 2.80. The predicted octanol–water partition coefficient (Wildman–Crippen LogP) is 0.460. The molecule has 0 spiro atoms. The van der Waals surface area contributed by atoms with Crippen LogP contribution in [0.3, 0.4) is 0 Å². The maximum absolute atomic E-state index is 13.2. The van der Waals surface area contributed by atoms with Crippen molar-refractivity contribution in [2.45, 2.75) is 125 Å². The average molecular weight is 744 g/mol. The van der Waals surface area contributed by atoms with E-state index in [0.29, 0.717) is 42.8 Å². The SMILES string of the molecule is COc1cc(N)c(Cl)cc1C(=O)N[C@@H]1CCN(C(CCCCC=O)NCCCCCCCC(=O)N[C@]2(CO)C[C@H](O)[C@H](O)[C@H](O)[C@H]2O)C[C@@H]1OC. The first-order chi connectivity index (χ1) is 24.4. The van der Waals surface area contributed by atoms with E-state index in [1.807, 2.05) is 0 Å². The molecule has 1 heterocycles. The van der Waals surface area contributed by atoms with Crippen molar-refractivity contribution < 1.29 is 49.4 Å². The molecule has 16 heteroatoms. The van der Waals surface area contributed by atoms with E-state index < -0.39 is 42.5 Å². The molecule has 1 saturated carbocycles. The van der Waals surface area contributed by atoms with E-state index in [1.165, 1.54) is 19.2 Å². The van der Waals surface area contributed by atoms with Crippen LogP contribution in [0.1, 0.15) is 87.4 Å². The average Bonchev–Trinajstić information content (AvgIpc) is 3.12. The summed E-state index contributed by atoms with van der Waals surface area (Å²) >= 11 is 6.18. The fraction of sp³-hybridized carbons (Fsp3) is 0.743. The molecule has 2 fully saturated rings. The Morgan fingerprint density at radius 2 is 1.80 bits per heavy atom. The lowest BCUT2D eigenvalue weighted by molar-refractivity contribution is -0.181. The van der Waals surface area contributed by atoms with Crippen LogP contribution in [0, 0.1) is 0 Å². The number of halogens is 1. The highest BCUT2D eigenvalue weighted by molar-refractivity contribution is 6.33. The summed E-state index contributed by atoms with van der Waals surface area (Å²) in [5.41, 5.74) is 4.87. The highest BCUT2D eigenvalue weighted by Gasteiger charge is 2.52. The van der Waals surface area contributed by atoms with Gasteiger partial charge >= 0.3 is 0 Å². The molecular weight excluding hydrogens is 686 g/mol. The number of rotatable bonds is 21. The molecule has 1 unspecified atom stereocenters. The van der Waals surface area contributed by atoms with E-state index in [0.717, 1.165) is 64.3 Å². The zero-order chi connectivity index (χ0) is 37.6. The number of hydrogen-bond donors (Lipinski definition) is 9. The number of nitrogens with two attached hydrogens (primary N) is 1. The molecule has 290 valence electrons. The number of hydrogen-bond acceptors (Lipinski definition) is 13. The molecule has 1 aliphatic heterocycles. The van der Waals surface area contributed by atoms with E-state index in [4.69, 9.17) is 26.8 Å². The molecule has 51 heavy (non-hydrogen) atoms. The van der Waals surface area contributed by atoms with Gasteiger partial charge in [0, 0.05) is 45.5 Å². The van der Waals surface area contributed by atoms with Gasteiger partial charge in [-0.1, -0.05) is 37.3 Å². The van der Waals surface area contributed by atoms with E-state index in [-0.39, 0.29) is 42.1 Å². The molecule has 1 aliphatic carbocycles. The van der Waals surface area contributed by atoms with Crippen LogP contribution in [-0.4, -0.2) is 137 Å². The van der Waals surface area contributed by atoms with Crippen molar-refractivity contribution in [3.63, 3.8) is 0 Å². The molecule has 1 aromatic carbocycles. The number of anilines is 1. The van der Waals surface area contributed by atoms with Gasteiger partial charge in [-0.15, -0.1) is 0 Å². The van der Waals surface area contributed by atoms with Gasteiger partial charge in [0.2, 0.25) is 5.91 Å². The van der Waals surface area contributed by atoms with Gasteiger partial charge in [-0.3, -0.25) is 14.5 Å². The Kier molecular flexibility index (Phi) is 17.8. The molecule has 2 aliphatic rings. The minimum Gasteiger partial charge on any atom is -0.496 e. The lowest BCUT2D eigenvalue weighted by atomic mass is 9.75. The van der Waals surface area contributed by atoms with Crippen LogP contribution >= 0.6 is 11.6 Å². The Morgan fingerprint density at radius 1 is 1.08 bits per heavy atom. The largest absolute Gasteiger partial charge is 0.496 e. The fourth-order valence-corrected chi connectivity index (χ4v) is 7.16. The van der Waals surface area contributed by atoms with Gasteiger partial charge < -0.3 is 61.5 Å². The van der Waals surface area contributed by atoms with E-state index >= 15 is 0 Å². The van der Waals surface area contributed by atoms with Crippen LogP contribution in [0.5, 0.6) is 5.75 Å². The molecule has 0 aromatic heterocycles. The summed E-state index contributed by atoms with van der Waals surface area (Å²) in [5.74, 6) is -0.400. The van der Waals surface area contributed by atoms with Crippen molar-refractivity contribution in [3.05, 3.63) is 22.7 Å². The summed E-state index contributed by atoms with van der Waals surface area (Å²) in [4.78, 5) is 39.0. The second-order valence-electron chi connectivity index (χ2n) is 13.7. The number of aldehydes is 1. The Labute approximate surface area is 305 Å². The zero-order valence-electron chi connectivity index (χ0n) is 29.8. The fourth-order valence-electron chi connectivity index (χ4n) is 7.00. The second-order valence-corrected chi connectivity index (χ2v) is 14.1. The van der Waals surface area contributed by atoms with Crippen LogP contribution < -0.4 is 26.4 Å². The summed E-state index contributed by atoms with van der Waals surface area (Å²) in [5, 5.41) is 59.8. The molecule has 0 radical (unpaired) electrons. The second kappa shape index (κ2) is 21.2. The number of unbranched alkanes of at least 4 members (excludes halogenated alkanes) is 6. The minimum atomic E-state index is -1.70. The van der Waals surface area contributed by atoms with Crippen LogP contribution in [0.4, 0.5) is 5.69 Å². The van der Waals surface area contributed by atoms with Crippen molar-refractivity contribution in [2.75, 3.05) is 46.2 Å². The Morgan fingerprint density at radius 3 is 2.49 bits per heavy atom. The summed E-state index contributed by atoms with van der Waals surface area (Å²) < 4.78 is 11.2. The quantitative estimate of drug-likeness (QED) is 0.0474. The third kappa shape index (κ3) is 12.0. The van der Waals surface area contributed by atoms with Crippen molar-refractivity contribution in [1.29, 1.82) is 0 Å². The summed E-state index contributed by atoms with van der Waals surface area (Å²) in [7, 11) is 3.10. The first-order valence-corrected chi connectivity index (χ1v) is 18.3. The third-order valence-corrected chi connectivity index (χ3v) is 10.4. The van der Waals surface area contributed by atoms with Gasteiger partial charge in [0.05, 0.1) is 59.9 Å². The van der Waals surface area contributed by atoms with Gasteiger partial charge in [0.25, 0.3) is 5.91 Å². The van der Waals surface area contributed by atoms with Crippen molar-refractivity contribution >= 4 is 35.4 Å². The number of nitrogens with zero attached hydrogens (tertiary/aromatic N) is 1. The standard InChI is InChI=1S/C35H58ClN5O10/c1-50-27-18-24(37)23(36)17-22(27)34(49)39-25-13-15-41(20-28(25)51-2)29(11-7-6-10-16-42)38-14-9-5-3-4-8-12-30(45)40-35(21-43)19-26(44)31(46)32(47)33(35)48/h16-18,25-26,28-29,31-33,38,43-44,46-48H,3-15,19-21,37H2,1-2H3,(H,39,49)(H,40,45)/t25-,26+,28+,29?,31+,32+,33-,35+/m1/s1. The number of nitrogen functional groups attached to an aromatic ring is 1. The minimum absolute atomic E-state index is 0.0674. The molecule has 15 nitrogen and oxygen atoms in total. The molecule has 3 rings (SSSR count). The zero-order valence-corrected chi connectivity index (χ0v) is 30.5. The van der Waals surface area contributed by atoms with E-state index in [2.05, 4.69) is 20.9 Å². The number of piperidine rings is 1. The molecular formula is C35H58ClN5O10. The lowest BCUT2D eigenvalue weighted by Gasteiger charge is -2.47. The van der Waals surface area contributed by atoms with Gasteiger partial charge in [0.15, 0.2) is 0 Å². The first-order valence-electron chi connectivity index (χ1n) is 17.9. The maximum atomic E-state index is 13.2. The van der Waals surface area contributed by atoms with Crippen LogP contribution in [0.25, 0.3) is 0 Å². The molecule has 10 N–H and O–H groups in total. The number of amides is 2. The number of ether oxygens (including phenoxy) is 2. The van der Waals surface area contributed by atoms with Gasteiger partial charge in [0.1, 0.15) is 30.3 Å². The topological polar surface area (TPSA) is 236 Å². The van der Waals surface area contributed by atoms with Crippen molar-refractivity contribution in [3.8, 4) is 5.75 Å².